The molecule has 1 N–H and O–H groups in total. The van der Waals surface area contributed by atoms with Gasteiger partial charge in [0.05, 0.1) is 0 Å². The lowest BCUT2D eigenvalue weighted by Gasteiger charge is -2.34. The van der Waals surface area contributed by atoms with Crippen molar-refractivity contribution < 1.29 is 0 Å². The van der Waals surface area contributed by atoms with Crippen LogP contribution in [-0.4, -0.2) is 30.6 Å². The van der Waals surface area contributed by atoms with Gasteiger partial charge in [0.1, 0.15) is 0 Å². The number of aryl methyl sites for hydroxylation is 2. The zero-order valence-electron chi connectivity index (χ0n) is 12.9. The minimum atomic E-state index is 0.446. The van der Waals surface area contributed by atoms with Crippen LogP contribution in [0.15, 0.2) is 18.2 Å². The highest BCUT2D eigenvalue weighted by atomic mass is 15.2. The van der Waals surface area contributed by atoms with E-state index in [4.69, 9.17) is 0 Å². The Labute approximate surface area is 118 Å². The molecular formula is C17H28N2. The third-order valence-corrected chi connectivity index (χ3v) is 4.34. The molecule has 0 radical (unpaired) electrons. The molecule has 1 aromatic carbocycles. The molecule has 2 unspecified atom stereocenters. The Bertz CT molecular complexity index is 414. The van der Waals surface area contributed by atoms with Crippen LogP contribution in [0.3, 0.4) is 0 Å². The van der Waals surface area contributed by atoms with E-state index in [1.54, 1.807) is 0 Å². The van der Waals surface area contributed by atoms with E-state index in [0.29, 0.717) is 12.1 Å². The first-order chi connectivity index (χ1) is 9.10. The van der Waals surface area contributed by atoms with Crippen LogP contribution < -0.4 is 5.32 Å². The number of likely N-dealkylation sites (N-methyl/N-ethyl adjacent to an activating group) is 1. The van der Waals surface area contributed by atoms with Crippen molar-refractivity contribution in [2.75, 3.05) is 19.6 Å². The number of benzene rings is 1. The van der Waals surface area contributed by atoms with Gasteiger partial charge in [-0.05, 0) is 57.8 Å². The topological polar surface area (TPSA) is 15.3 Å². The van der Waals surface area contributed by atoms with Crippen molar-refractivity contribution in [2.45, 2.75) is 52.6 Å². The van der Waals surface area contributed by atoms with E-state index in [2.05, 4.69) is 56.1 Å². The van der Waals surface area contributed by atoms with Gasteiger partial charge in [-0.1, -0.05) is 30.7 Å². The molecule has 1 heterocycles. The van der Waals surface area contributed by atoms with Crippen LogP contribution in [-0.2, 0) is 0 Å². The number of likely N-dealkylation sites (tertiary alicyclic amines) is 1. The average Bonchev–Trinajstić information content (AvgIpc) is 2.41. The van der Waals surface area contributed by atoms with Crippen LogP contribution in [0.1, 0.15) is 49.4 Å². The van der Waals surface area contributed by atoms with E-state index in [-0.39, 0.29) is 0 Å². The molecule has 1 fully saturated rings. The summed E-state index contributed by atoms with van der Waals surface area (Å²) in [5.74, 6) is 0. The summed E-state index contributed by atoms with van der Waals surface area (Å²) in [5, 5.41) is 3.83. The molecule has 2 heteroatoms. The molecule has 2 rings (SSSR count). The van der Waals surface area contributed by atoms with Crippen molar-refractivity contribution in [1.29, 1.82) is 0 Å². The summed E-state index contributed by atoms with van der Waals surface area (Å²) in [5.41, 5.74) is 4.20. The molecule has 2 nitrogen and oxygen atoms in total. The van der Waals surface area contributed by atoms with Crippen molar-refractivity contribution in [3.05, 3.63) is 34.9 Å². The zero-order chi connectivity index (χ0) is 13.8. The largest absolute Gasteiger partial charge is 0.306 e. The van der Waals surface area contributed by atoms with E-state index in [0.717, 1.165) is 0 Å². The Balaban J connectivity index is 2.00. The number of nitrogens with one attached hydrogen (secondary N) is 1. The fraction of sp³-hybridized carbons (Fsp3) is 0.647. The monoisotopic (exact) mass is 260 g/mol. The van der Waals surface area contributed by atoms with Crippen molar-refractivity contribution in [3.63, 3.8) is 0 Å². The smallest absolute Gasteiger partial charge is 0.0297 e. The second kappa shape index (κ2) is 6.53. The van der Waals surface area contributed by atoms with Crippen molar-refractivity contribution in [2.24, 2.45) is 0 Å². The van der Waals surface area contributed by atoms with Gasteiger partial charge in [-0.25, -0.2) is 0 Å². The molecule has 0 aromatic heterocycles. The third kappa shape index (κ3) is 3.80. The molecule has 0 aliphatic carbocycles. The zero-order valence-corrected chi connectivity index (χ0v) is 12.9. The van der Waals surface area contributed by atoms with Crippen LogP contribution in [0.25, 0.3) is 0 Å². The van der Waals surface area contributed by atoms with E-state index < -0.39 is 0 Å². The first-order valence-electron chi connectivity index (χ1n) is 7.65. The summed E-state index contributed by atoms with van der Waals surface area (Å²) in [6.07, 6.45) is 2.64. The van der Waals surface area contributed by atoms with Crippen LogP contribution in [0.5, 0.6) is 0 Å². The summed E-state index contributed by atoms with van der Waals surface area (Å²) in [4.78, 5) is 2.55. The summed E-state index contributed by atoms with van der Waals surface area (Å²) in [6.45, 7) is 12.6. The number of rotatable bonds is 4. The van der Waals surface area contributed by atoms with Gasteiger partial charge in [0, 0.05) is 18.6 Å². The van der Waals surface area contributed by atoms with E-state index in [9.17, 15) is 0 Å². The molecule has 0 spiro atoms. The number of hydrogen-bond donors (Lipinski definition) is 1. The van der Waals surface area contributed by atoms with Gasteiger partial charge in [0.2, 0.25) is 0 Å². The van der Waals surface area contributed by atoms with Crippen LogP contribution in [0.2, 0.25) is 0 Å². The van der Waals surface area contributed by atoms with E-state index >= 15 is 0 Å². The van der Waals surface area contributed by atoms with Gasteiger partial charge in [-0.2, -0.15) is 0 Å². The molecule has 1 aromatic rings. The van der Waals surface area contributed by atoms with E-state index in [1.165, 1.54) is 49.2 Å². The lowest BCUT2D eigenvalue weighted by Crippen LogP contribution is -2.46. The number of hydrogen-bond acceptors (Lipinski definition) is 2. The Morgan fingerprint density at radius 3 is 2.89 bits per heavy atom. The molecule has 1 aliphatic rings. The maximum absolute atomic E-state index is 3.83. The maximum atomic E-state index is 3.83. The summed E-state index contributed by atoms with van der Waals surface area (Å²) in [7, 11) is 0. The first kappa shape index (κ1) is 14.5. The SMILES string of the molecule is CCN1CCCC(NC(C)c2cc(C)ccc2C)C1. The third-order valence-electron chi connectivity index (χ3n) is 4.34. The van der Waals surface area contributed by atoms with Crippen LogP contribution in [0.4, 0.5) is 0 Å². The van der Waals surface area contributed by atoms with Gasteiger partial charge in [0.15, 0.2) is 0 Å². The molecule has 1 aliphatic heterocycles. The molecule has 2 atom stereocenters. The fourth-order valence-electron chi connectivity index (χ4n) is 3.15. The average molecular weight is 260 g/mol. The van der Waals surface area contributed by atoms with Gasteiger partial charge < -0.3 is 10.2 Å². The molecule has 0 saturated carbocycles. The number of piperidine rings is 1. The Kier molecular flexibility index (Phi) is 5.00. The second-order valence-corrected chi connectivity index (χ2v) is 5.98. The number of nitrogens with zero attached hydrogens (tertiary/aromatic N) is 1. The highest BCUT2D eigenvalue weighted by Crippen LogP contribution is 2.21. The molecule has 0 bridgehead atoms. The highest BCUT2D eigenvalue weighted by Gasteiger charge is 2.20. The molecule has 106 valence electrons. The first-order valence-corrected chi connectivity index (χ1v) is 7.65. The quantitative estimate of drug-likeness (QED) is 0.892. The van der Waals surface area contributed by atoms with Gasteiger partial charge in [0.25, 0.3) is 0 Å². The van der Waals surface area contributed by atoms with Crippen LogP contribution in [0, 0.1) is 13.8 Å². The predicted octanol–water partition coefficient (Wildman–Crippen LogP) is 3.44. The summed E-state index contributed by atoms with van der Waals surface area (Å²) < 4.78 is 0. The lowest BCUT2D eigenvalue weighted by atomic mass is 9.98. The molecule has 0 amide bonds. The molecule has 19 heavy (non-hydrogen) atoms. The molecule has 1 saturated heterocycles. The predicted molar refractivity (Wildman–Crippen MR) is 82.6 cm³/mol. The maximum Gasteiger partial charge on any atom is 0.0297 e. The summed E-state index contributed by atoms with van der Waals surface area (Å²) in [6, 6.07) is 7.85. The summed E-state index contributed by atoms with van der Waals surface area (Å²) >= 11 is 0. The lowest BCUT2D eigenvalue weighted by molar-refractivity contribution is 0.192. The van der Waals surface area contributed by atoms with E-state index in [1.807, 2.05) is 0 Å². The normalized spacial score (nSPS) is 22.4. The molecular weight excluding hydrogens is 232 g/mol. The van der Waals surface area contributed by atoms with Gasteiger partial charge in [-0.3, -0.25) is 0 Å². The minimum absolute atomic E-state index is 0.446. The van der Waals surface area contributed by atoms with Crippen molar-refractivity contribution in [3.8, 4) is 0 Å². The minimum Gasteiger partial charge on any atom is -0.306 e. The Morgan fingerprint density at radius 1 is 1.37 bits per heavy atom. The van der Waals surface area contributed by atoms with Gasteiger partial charge in [-0.15, -0.1) is 0 Å². The van der Waals surface area contributed by atoms with Crippen molar-refractivity contribution >= 4 is 0 Å². The van der Waals surface area contributed by atoms with Gasteiger partial charge >= 0.3 is 0 Å². The van der Waals surface area contributed by atoms with Crippen LogP contribution >= 0.6 is 0 Å². The van der Waals surface area contributed by atoms with Crippen molar-refractivity contribution in [1.82, 2.24) is 10.2 Å². The highest BCUT2D eigenvalue weighted by molar-refractivity contribution is 5.32. The fourth-order valence-corrected chi connectivity index (χ4v) is 3.15. The second-order valence-electron chi connectivity index (χ2n) is 5.98. The standard InChI is InChI=1S/C17H28N2/c1-5-19-10-6-7-16(12-19)18-15(4)17-11-13(2)8-9-14(17)3/h8-9,11,15-16,18H,5-7,10,12H2,1-4H3. The Morgan fingerprint density at radius 2 is 2.16 bits per heavy atom. The Hall–Kier alpha value is -0.860.